The van der Waals surface area contributed by atoms with Crippen LogP contribution in [0.15, 0.2) is 53.6 Å². The zero-order valence-corrected chi connectivity index (χ0v) is 14.6. The minimum Gasteiger partial charge on any atom is -0.337 e. The lowest BCUT2D eigenvalue weighted by Gasteiger charge is -2.17. The molecule has 2 N–H and O–H groups in total. The number of urea groups is 1. The maximum absolute atomic E-state index is 11.9. The van der Waals surface area contributed by atoms with E-state index >= 15 is 0 Å². The van der Waals surface area contributed by atoms with Crippen LogP contribution >= 0.6 is 11.8 Å². The molecule has 4 nitrogen and oxygen atoms in total. The predicted octanol–water partition coefficient (Wildman–Crippen LogP) is 4.34. The van der Waals surface area contributed by atoms with E-state index in [1.165, 1.54) is 4.90 Å². The first kappa shape index (κ1) is 17.3. The fraction of sp³-hybridized carbons (Fsp3) is 0.333. The van der Waals surface area contributed by atoms with Gasteiger partial charge in [-0.2, -0.15) is 0 Å². The number of thioether (sulfide) groups is 1. The Morgan fingerprint density at radius 3 is 2.48 bits per heavy atom. The lowest BCUT2D eigenvalue weighted by Crippen LogP contribution is -2.30. The number of aromatic nitrogens is 1. The van der Waals surface area contributed by atoms with Gasteiger partial charge in [-0.1, -0.05) is 26.8 Å². The van der Waals surface area contributed by atoms with E-state index in [1.807, 2.05) is 42.5 Å². The summed E-state index contributed by atoms with van der Waals surface area (Å²) in [6, 6.07) is 13.5. The van der Waals surface area contributed by atoms with Gasteiger partial charge in [0.15, 0.2) is 0 Å². The first-order valence-electron chi connectivity index (χ1n) is 7.66. The summed E-state index contributed by atoms with van der Waals surface area (Å²) in [5.41, 5.74) is 1.76. The Morgan fingerprint density at radius 1 is 1.13 bits per heavy atom. The first-order chi connectivity index (χ1) is 10.9. The van der Waals surface area contributed by atoms with Crippen molar-refractivity contribution in [1.82, 2.24) is 10.3 Å². The van der Waals surface area contributed by atoms with Crippen molar-refractivity contribution in [2.45, 2.75) is 36.8 Å². The molecule has 0 spiro atoms. The number of carbonyl (C=O) groups excluding carboxylic acids is 1. The molecule has 2 amide bonds. The summed E-state index contributed by atoms with van der Waals surface area (Å²) < 4.78 is 0.178. The second-order valence-corrected chi connectivity index (χ2v) is 8.09. The number of hydrogen-bond acceptors (Lipinski definition) is 3. The highest BCUT2D eigenvalue weighted by Crippen LogP contribution is 2.32. The molecule has 0 aliphatic carbocycles. The van der Waals surface area contributed by atoms with Crippen molar-refractivity contribution in [3.8, 4) is 0 Å². The lowest BCUT2D eigenvalue weighted by molar-refractivity contribution is 0.252. The van der Waals surface area contributed by atoms with Crippen LogP contribution in [0.5, 0.6) is 0 Å². The Balaban J connectivity index is 1.76. The first-order valence-corrected chi connectivity index (χ1v) is 8.48. The second-order valence-electron chi connectivity index (χ2n) is 6.19. The summed E-state index contributed by atoms with van der Waals surface area (Å²) in [6.07, 6.45) is 2.47. The van der Waals surface area contributed by atoms with Crippen molar-refractivity contribution in [2.75, 3.05) is 11.9 Å². The molecule has 0 radical (unpaired) electrons. The average Bonchev–Trinajstić information content (AvgIpc) is 2.49. The maximum atomic E-state index is 11.9. The molecule has 0 saturated carbocycles. The number of pyridine rings is 1. The molecule has 0 unspecified atom stereocenters. The highest BCUT2D eigenvalue weighted by atomic mass is 32.2. The fourth-order valence-corrected chi connectivity index (χ4v) is 2.96. The maximum Gasteiger partial charge on any atom is 0.319 e. The van der Waals surface area contributed by atoms with Gasteiger partial charge in [0.25, 0.3) is 0 Å². The summed E-state index contributed by atoms with van der Waals surface area (Å²) in [5.74, 6) is 0. The van der Waals surface area contributed by atoms with Crippen LogP contribution in [-0.4, -0.2) is 22.3 Å². The summed E-state index contributed by atoms with van der Waals surface area (Å²) in [6.45, 7) is 7.09. The number of rotatable bonds is 5. The number of carbonyl (C=O) groups is 1. The minimum atomic E-state index is -0.197. The smallest absolute Gasteiger partial charge is 0.319 e. The van der Waals surface area contributed by atoms with Gasteiger partial charge in [-0.15, -0.1) is 11.8 Å². The molecule has 0 fully saturated rings. The van der Waals surface area contributed by atoms with E-state index in [9.17, 15) is 4.79 Å². The summed E-state index contributed by atoms with van der Waals surface area (Å²) in [5, 5.41) is 5.68. The van der Waals surface area contributed by atoms with Gasteiger partial charge in [-0.3, -0.25) is 4.98 Å². The van der Waals surface area contributed by atoms with E-state index < -0.39 is 0 Å². The molecule has 1 aromatic carbocycles. The summed E-state index contributed by atoms with van der Waals surface area (Å²) >= 11 is 1.80. The van der Waals surface area contributed by atoms with Crippen molar-refractivity contribution >= 4 is 23.5 Å². The Hall–Kier alpha value is -2.01. The van der Waals surface area contributed by atoms with Crippen LogP contribution < -0.4 is 10.6 Å². The molecular weight excluding hydrogens is 306 g/mol. The summed E-state index contributed by atoms with van der Waals surface area (Å²) in [4.78, 5) is 17.3. The van der Waals surface area contributed by atoms with E-state index in [4.69, 9.17) is 0 Å². The van der Waals surface area contributed by atoms with Crippen molar-refractivity contribution in [3.05, 3.63) is 54.4 Å². The van der Waals surface area contributed by atoms with Gasteiger partial charge in [0.1, 0.15) is 0 Å². The van der Waals surface area contributed by atoms with Crippen molar-refractivity contribution in [3.63, 3.8) is 0 Å². The molecule has 2 rings (SSSR count). The molecule has 0 bridgehead atoms. The SMILES string of the molecule is CC(C)(C)Sc1ccc(NC(=O)NCCc2ccccn2)cc1. The summed E-state index contributed by atoms with van der Waals surface area (Å²) in [7, 11) is 0. The molecule has 2 aromatic rings. The third-order valence-corrected chi connectivity index (χ3v) is 4.05. The van der Waals surface area contributed by atoms with Crippen molar-refractivity contribution in [2.24, 2.45) is 0 Å². The highest BCUT2D eigenvalue weighted by Gasteiger charge is 2.11. The van der Waals surface area contributed by atoms with Gasteiger partial charge in [0.2, 0.25) is 0 Å². The van der Waals surface area contributed by atoms with Gasteiger partial charge in [0.05, 0.1) is 0 Å². The van der Waals surface area contributed by atoms with Crippen LogP contribution in [0.25, 0.3) is 0 Å². The topological polar surface area (TPSA) is 54.0 Å². The van der Waals surface area contributed by atoms with Crippen molar-refractivity contribution < 1.29 is 4.79 Å². The largest absolute Gasteiger partial charge is 0.337 e. The fourth-order valence-electron chi connectivity index (χ4n) is 1.99. The van der Waals surface area contributed by atoms with Crippen LogP contribution in [0.1, 0.15) is 26.5 Å². The standard InChI is InChI=1S/C18H23N3OS/c1-18(2,3)23-16-9-7-15(8-10-16)21-17(22)20-13-11-14-6-4-5-12-19-14/h4-10,12H,11,13H2,1-3H3,(H2,20,21,22). The molecule has 1 aromatic heterocycles. The molecule has 0 atom stereocenters. The van der Waals surface area contributed by atoms with Crippen LogP contribution in [-0.2, 0) is 6.42 Å². The van der Waals surface area contributed by atoms with Crippen LogP contribution in [0, 0.1) is 0 Å². The van der Waals surface area contributed by atoms with Crippen LogP contribution in [0.2, 0.25) is 0 Å². The van der Waals surface area contributed by atoms with Gasteiger partial charge in [0, 0.05) is 40.2 Å². The van der Waals surface area contributed by atoms with Crippen LogP contribution in [0.4, 0.5) is 10.5 Å². The van der Waals surface area contributed by atoms with Gasteiger partial charge >= 0.3 is 6.03 Å². The normalized spacial score (nSPS) is 11.1. The predicted molar refractivity (Wildman–Crippen MR) is 97.0 cm³/mol. The van der Waals surface area contributed by atoms with E-state index in [1.54, 1.807) is 18.0 Å². The van der Waals surface area contributed by atoms with Gasteiger partial charge in [-0.05, 0) is 36.4 Å². The highest BCUT2D eigenvalue weighted by molar-refractivity contribution is 8.00. The molecule has 0 saturated heterocycles. The molecule has 0 aliphatic heterocycles. The Labute approximate surface area is 142 Å². The monoisotopic (exact) mass is 329 g/mol. The number of hydrogen-bond donors (Lipinski definition) is 2. The van der Waals surface area contributed by atoms with Gasteiger partial charge in [-0.25, -0.2) is 4.79 Å². The van der Waals surface area contributed by atoms with Crippen LogP contribution in [0.3, 0.4) is 0 Å². The third-order valence-electron chi connectivity index (χ3n) is 2.93. The molecule has 122 valence electrons. The minimum absolute atomic E-state index is 0.178. The Kier molecular flexibility index (Phi) is 6.04. The molecule has 23 heavy (non-hydrogen) atoms. The average molecular weight is 329 g/mol. The van der Waals surface area contributed by atoms with E-state index in [0.29, 0.717) is 6.54 Å². The molecule has 0 aliphatic rings. The number of nitrogens with zero attached hydrogens (tertiary/aromatic N) is 1. The third kappa shape index (κ3) is 6.74. The molecular formula is C18H23N3OS. The Morgan fingerprint density at radius 2 is 1.87 bits per heavy atom. The number of amides is 2. The van der Waals surface area contributed by atoms with Crippen molar-refractivity contribution in [1.29, 1.82) is 0 Å². The van der Waals surface area contributed by atoms with Gasteiger partial charge < -0.3 is 10.6 Å². The quantitative estimate of drug-likeness (QED) is 0.803. The Bertz CT molecular complexity index is 621. The molecule has 5 heteroatoms. The zero-order chi connectivity index (χ0) is 16.7. The number of nitrogens with one attached hydrogen (secondary N) is 2. The van der Waals surface area contributed by atoms with E-state index in [0.717, 1.165) is 17.8 Å². The molecule has 1 heterocycles. The van der Waals surface area contributed by atoms with E-state index in [-0.39, 0.29) is 10.8 Å². The van der Waals surface area contributed by atoms with E-state index in [2.05, 4.69) is 36.4 Å². The number of benzene rings is 1. The zero-order valence-electron chi connectivity index (χ0n) is 13.8. The second kappa shape index (κ2) is 8.02. The number of anilines is 1. The lowest BCUT2D eigenvalue weighted by atomic mass is 10.3.